The van der Waals surface area contributed by atoms with Crippen molar-refractivity contribution in [1.82, 2.24) is 15.0 Å². The Balaban J connectivity index is 1.84. The van der Waals surface area contributed by atoms with Crippen LogP contribution in [0.2, 0.25) is 0 Å². The summed E-state index contributed by atoms with van der Waals surface area (Å²) < 4.78 is 46.7. The number of nitrogens with two attached hydrogens (primary N) is 1. The molecule has 10 heteroatoms. The van der Waals surface area contributed by atoms with Crippen LogP contribution in [0, 0.1) is 0 Å². The zero-order valence-corrected chi connectivity index (χ0v) is 16.8. The normalized spacial score (nSPS) is 20.5. The van der Waals surface area contributed by atoms with Crippen molar-refractivity contribution in [2.24, 2.45) is 0 Å². The molecule has 2 aromatic rings. The first-order chi connectivity index (χ1) is 14.3. The fourth-order valence-electron chi connectivity index (χ4n) is 3.91. The lowest BCUT2D eigenvalue weighted by molar-refractivity contribution is -0.137. The third-order valence-electron chi connectivity index (χ3n) is 5.51. The number of hydrogen-bond donors (Lipinski definition) is 1. The smallest absolute Gasteiger partial charge is 0.384 e. The van der Waals surface area contributed by atoms with Gasteiger partial charge in [0.25, 0.3) is 0 Å². The van der Waals surface area contributed by atoms with Crippen LogP contribution in [-0.4, -0.2) is 53.8 Å². The average Bonchev–Trinajstić information content (AvgIpc) is 2.74. The molecule has 0 saturated carbocycles. The maximum Gasteiger partial charge on any atom is 0.417 e. The molecule has 2 N–H and O–H groups in total. The van der Waals surface area contributed by atoms with Crippen LogP contribution in [-0.2, 0) is 10.9 Å². The molecule has 2 aromatic heterocycles. The number of nitrogens with zero attached hydrogens (tertiary/aromatic N) is 5. The lowest BCUT2D eigenvalue weighted by atomic mass is 10.1. The minimum atomic E-state index is -4.57. The van der Waals surface area contributed by atoms with Gasteiger partial charge >= 0.3 is 6.18 Å². The number of nitrogen functional groups attached to an aromatic ring is 1. The Labute approximate surface area is 173 Å². The van der Waals surface area contributed by atoms with E-state index in [1.165, 1.54) is 0 Å². The van der Waals surface area contributed by atoms with Crippen LogP contribution < -0.4 is 15.5 Å². The van der Waals surface area contributed by atoms with E-state index in [0.29, 0.717) is 31.5 Å². The molecule has 4 heterocycles. The second kappa shape index (κ2) is 8.25. The molecule has 4 rings (SSSR count). The summed E-state index contributed by atoms with van der Waals surface area (Å²) in [5, 5.41) is 0. The summed E-state index contributed by atoms with van der Waals surface area (Å²) in [5.41, 5.74) is 4.79. The lowest BCUT2D eigenvalue weighted by Gasteiger charge is -2.35. The summed E-state index contributed by atoms with van der Waals surface area (Å²) in [7, 11) is 0. The van der Waals surface area contributed by atoms with Crippen molar-refractivity contribution in [2.75, 3.05) is 48.4 Å². The van der Waals surface area contributed by atoms with E-state index < -0.39 is 11.7 Å². The summed E-state index contributed by atoms with van der Waals surface area (Å²) in [6.07, 6.45) is -0.232. The average molecular weight is 422 g/mol. The van der Waals surface area contributed by atoms with E-state index >= 15 is 0 Å². The zero-order valence-electron chi connectivity index (χ0n) is 16.8. The number of halogens is 3. The Morgan fingerprint density at radius 1 is 1.10 bits per heavy atom. The van der Waals surface area contributed by atoms with Gasteiger partial charge in [0.1, 0.15) is 11.6 Å². The maximum atomic E-state index is 13.7. The van der Waals surface area contributed by atoms with Crippen molar-refractivity contribution in [3.8, 4) is 11.3 Å². The highest BCUT2D eigenvalue weighted by atomic mass is 19.4. The van der Waals surface area contributed by atoms with Crippen LogP contribution in [0.4, 0.5) is 30.8 Å². The lowest BCUT2D eigenvalue weighted by Crippen LogP contribution is -2.45. The molecular formula is C20H25F3N6O. The number of rotatable bonds is 3. The molecule has 2 aliphatic heterocycles. The van der Waals surface area contributed by atoms with Crippen LogP contribution >= 0.6 is 0 Å². The topological polar surface area (TPSA) is 80.4 Å². The van der Waals surface area contributed by atoms with Gasteiger partial charge in [0.15, 0.2) is 0 Å². The minimum Gasteiger partial charge on any atom is -0.384 e. The second-order valence-electron chi connectivity index (χ2n) is 7.73. The van der Waals surface area contributed by atoms with Crippen molar-refractivity contribution in [2.45, 2.75) is 38.4 Å². The van der Waals surface area contributed by atoms with Crippen LogP contribution in [0.5, 0.6) is 0 Å². The zero-order chi connectivity index (χ0) is 21.3. The number of ether oxygens (including phenoxy) is 1. The highest BCUT2D eigenvalue weighted by Gasteiger charge is 2.35. The van der Waals surface area contributed by atoms with E-state index in [4.69, 9.17) is 15.5 Å². The van der Waals surface area contributed by atoms with Gasteiger partial charge < -0.3 is 20.3 Å². The van der Waals surface area contributed by atoms with Crippen LogP contribution in [0.25, 0.3) is 11.3 Å². The summed E-state index contributed by atoms with van der Waals surface area (Å²) in [6, 6.07) is 2.51. The predicted molar refractivity (Wildman–Crippen MR) is 108 cm³/mol. The number of pyridine rings is 1. The Morgan fingerprint density at radius 3 is 2.57 bits per heavy atom. The Kier molecular flexibility index (Phi) is 5.68. The maximum absolute atomic E-state index is 13.7. The first-order valence-corrected chi connectivity index (χ1v) is 10.1. The first kappa shape index (κ1) is 20.6. The largest absolute Gasteiger partial charge is 0.417 e. The number of anilines is 3. The van der Waals surface area contributed by atoms with Gasteiger partial charge in [-0.2, -0.15) is 18.2 Å². The molecule has 0 bridgehead atoms. The standard InChI is InChI=1S/C20H25F3N6O/c1-13-12-30-8-7-29(13)19-26-16(10-18(27-19)28-5-3-2-4-6-28)14-11-25-17(24)9-15(14)20(21,22)23/h9-11,13H,2-8,12H2,1H3,(H2,24,25)/t13-/m0/s1. The van der Waals surface area contributed by atoms with Gasteiger partial charge in [0.2, 0.25) is 5.95 Å². The molecule has 2 fully saturated rings. The van der Waals surface area contributed by atoms with Crippen molar-refractivity contribution in [3.05, 3.63) is 23.9 Å². The van der Waals surface area contributed by atoms with Crippen LogP contribution in [0.3, 0.4) is 0 Å². The van der Waals surface area contributed by atoms with E-state index in [1.54, 1.807) is 6.07 Å². The molecule has 2 saturated heterocycles. The number of hydrogen-bond acceptors (Lipinski definition) is 7. The van der Waals surface area contributed by atoms with Gasteiger partial charge in [-0.15, -0.1) is 0 Å². The molecule has 0 amide bonds. The van der Waals surface area contributed by atoms with Crippen molar-refractivity contribution >= 4 is 17.6 Å². The van der Waals surface area contributed by atoms with Crippen molar-refractivity contribution in [1.29, 1.82) is 0 Å². The molecular weight excluding hydrogens is 397 g/mol. The second-order valence-corrected chi connectivity index (χ2v) is 7.73. The highest BCUT2D eigenvalue weighted by Crippen LogP contribution is 2.38. The van der Waals surface area contributed by atoms with E-state index in [0.717, 1.165) is 44.6 Å². The minimum absolute atomic E-state index is 0.0230. The Morgan fingerprint density at radius 2 is 1.87 bits per heavy atom. The molecule has 162 valence electrons. The van der Waals surface area contributed by atoms with Gasteiger partial charge in [0.05, 0.1) is 30.5 Å². The molecule has 0 spiro atoms. The summed E-state index contributed by atoms with van der Waals surface area (Å²) in [4.78, 5) is 17.2. The number of alkyl halides is 3. The van der Waals surface area contributed by atoms with Crippen LogP contribution in [0.15, 0.2) is 18.3 Å². The Hall–Kier alpha value is -2.62. The van der Waals surface area contributed by atoms with E-state index in [-0.39, 0.29) is 23.1 Å². The molecule has 30 heavy (non-hydrogen) atoms. The molecule has 2 aliphatic rings. The van der Waals surface area contributed by atoms with Crippen molar-refractivity contribution < 1.29 is 17.9 Å². The number of morpholine rings is 1. The van der Waals surface area contributed by atoms with Crippen molar-refractivity contribution in [3.63, 3.8) is 0 Å². The molecule has 0 aliphatic carbocycles. The number of aromatic nitrogens is 3. The summed E-state index contributed by atoms with van der Waals surface area (Å²) >= 11 is 0. The third-order valence-corrected chi connectivity index (χ3v) is 5.51. The molecule has 0 unspecified atom stereocenters. The summed E-state index contributed by atoms with van der Waals surface area (Å²) in [5.74, 6) is 0.866. The highest BCUT2D eigenvalue weighted by molar-refractivity contribution is 5.69. The fraction of sp³-hybridized carbons (Fsp3) is 0.550. The predicted octanol–water partition coefficient (Wildman–Crippen LogP) is 3.36. The molecule has 0 aromatic carbocycles. The van der Waals surface area contributed by atoms with Crippen LogP contribution in [0.1, 0.15) is 31.7 Å². The van der Waals surface area contributed by atoms with Gasteiger partial charge in [0, 0.05) is 37.5 Å². The molecule has 0 radical (unpaired) electrons. The molecule has 1 atom stereocenters. The molecule has 7 nitrogen and oxygen atoms in total. The number of piperidine rings is 1. The van der Waals surface area contributed by atoms with E-state index in [1.807, 2.05) is 11.8 Å². The fourth-order valence-corrected chi connectivity index (χ4v) is 3.91. The van der Waals surface area contributed by atoms with Gasteiger partial charge in [-0.3, -0.25) is 0 Å². The summed E-state index contributed by atoms with van der Waals surface area (Å²) in [6.45, 7) is 5.25. The van der Waals surface area contributed by atoms with Gasteiger partial charge in [-0.25, -0.2) is 9.97 Å². The SMILES string of the molecule is C[C@H]1COCCN1c1nc(-c2cnc(N)cc2C(F)(F)F)cc(N2CCCCC2)n1. The van der Waals surface area contributed by atoms with E-state index in [2.05, 4.69) is 14.9 Å². The quantitative estimate of drug-likeness (QED) is 0.812. The Bertz CT molecular complexity index is 901. The van der Waals surface area contributed by atoms with Gasteiger partial charge in [-0.05, 0) is 32.3 Å². The third kappa shape index (κ3) is 4.28. The monoisotopic (exact) mass is 422 g/mol. The van der Waals surface area contributed by atoms with Gasteiger partial charge in [-0.1, -0.05) is 0 Å². The van der Waals surface area contributed by atoms with E-state index in [9.17, 15) is 13.2 Å². The first-order valence-electron chi connectivity index (χ1n) is 10.1.